The highest BCUT2D eigenvalue weighted by Crippen LogP contribution is 2.42. The van der Waals surface area contributed by atoms with Crippen LogP contribution in [0.1, 0.15) is 61.3 Å². The molecule has 0 bridgehead atoms. The summed E-state index contributed by atoms with van der Waals surface area (Å²) in [5.41, 5.74) is 1.81. The molecular formula is C16H34O4Si. The smallest absolute Gasteiger partial charge is 0.435 e. The number of hydrogen-bond donors (Lipinski definition) is 0. The van der Waals surface area contributed by atoms with Crippen molar-refractivity contribution >= 4 is 14.5 Å². The Hall–Kier alpha value is -0.553. The van der Waals surface area contributed by atoms with Crippen molar-refractivity contribution in [1.82, 2.24) is 0 Å². The van der Waals surface area contributed by atoms with Gasteiger partial charge in [0.25, 0.3) is 0 Å². The van der Waals surface area contributed by atoms with Crippen molar-refractivity contribution in [3.05, 3.63) is 0 Å². The summed E-state index contributed by atoms with van der Waals surface area (Å²) in [5.74, 6) is 0. The van der Waals surface area contributed by atoms with Gasteiger partial charge in [0.05, 0.1) is 13.2 Å². The predicted molar refractivity (Wildman–Crippen MR) is 89.2 cm³/mol. The van der Waals surface area contributed by atoms with E-state index in [0.717, 1.165) is 19.4 Å². The highest BCUT2D eigenvalue weighted by Gasteiger charge is 2.44. The molecular weight excluding hydrogens is 284 g/mol. The molecule has 0 aliphatic rings. The van der Waals surface area contributed by atoms with Gasteiger partial charge in [-0.15, -0.1) is 0 Å². The lowest BCUT2D eigenvalue weighted by Gasteiger charge is -2.42. The van der Waals surface area contributed by atoms with E-state index >= 15 is 0 Å². The predicted octanol–water partition coefficient (Wildman–Crippen LogP) is 5.13. The average Bonchev–Trinajstić information content (AvgIpc) is 2.36. The van der Waals surface area contributed by atoms with E-state index in [9.17, 15) is 4.79 Å². The molecule has 0 rings (SSSR count). The van der Waals surface area contributed by atoms with Crippen molar-refractivity contribution in [3.63, 3.8) is 0 Å². The maximum Gasteiger partial charge on any atom is 0.508 e. The first kappa shape index (κ1) is 20.4. The normalized spacial score (nSPS) is 12.3. The van der Waals surface area contributed by atoms with Crippen LogP contribution in [0, 0.1) is 0 Å². The monoisotopic (exact) mass is 318 g/mol. The number of ether oxygens (including phenoxy) is 2. The Morgan fingerprint density at radius 1 is 0.857 bits per heavy atom. The highest BCUT2D eigenvalue weighted by atomic mass is 28.4. The lowest BCUT2D eigenvalue weighted by atomic mass is 10.3. The van der Waals surface area contributed by atoms with Crippen LogP contribution in [-0.2, 0) is 13.9 Å². The van der Waals surface area contributed by atoms with Crippen LogP contribution in [0.4, 0.5) is 4.79 Å². The van der Waals surface area contributed by atoms with E-state index in [0.29, 0.717) is 29.8 Å². The fourth-order valence-corrected chi connectivity index (χ4v) is 8.77. The Morgan fingerprint density at radius 2 is 1.33 bits per heavy atom. The topological polar surface area (TPSA) is 44.8 Å². The van der Waals surface area contributed by atoms with Crippen LogP contribution in [0.2, 0.25) is 16.6 Å². The fraction of sp³-hybridized carbons (Fsp3) is 0.938. The molecule has 4 nitrogen and oxygen atoms in total. The van der Waals surface area contributed by atoms with Crippen LogP contribution in [0.5, 0.6) is 0 Å². The highest BCUT2D eigenvalue weighted by molar-refractivity contribution is 6.77. The van der Waals surface area contributed by atoms with Crippen LogP contribution >= 0.6 is 0 Å². The van der Waals surface area contributed by atoms with E-state index in [4.69, 9.17) is 13.9 Å². The number of unbranched alkanes of at least 4 members (excludes halogenated alkanes) is 1. The third kappa shape index (κ3) is 6.39. The summed E-state index contributed by atoms with van der Waals surface area (Å²) < 4.78 is 16.1. The fourth-order valence-electron chi connectivity index (χ4n) is 3.27. The van der Waals surface area contributed by atoms with E-state index in [1.54, 1.807) is 6.92 Å². The van der Waals surface area contributed by atoms with Crippen LogP contribution in [0.3, 0.4) is 0 Å². The second-order valence-electron chi connectivity index (χ2n) is 6.40. The van der Waals surface area contributed by atoms with Crippen molar-refractivity contribution in [1.29, 1.82) is 0 Å². The van der Waals surface area contributed by atoms with Gasteiger partial charge in [0.1, 0.15) is 0 Å². The van der Waals surface area contributed by atoms with E-state index in [-0.39, 0.29) is 0 Å². The van der Waals surface area contributed by atoms with Gasteiger partial charge in [-0.2, -0.15) is 0 Å². The summed E-state index contributed by atoms with van der Waals surface area (Å²) in [5, 5.41) is 0. The molecule has 0 N–H and O–H groups in total. The second kappa shape index (κ2) is 10.2. The zero-order valence-electron chi connectivity index (χ0n) is 14.9. The van der Waals surface area contributed by atoms with Crippen LogP contribution < -0.4 is 0 Å². The van der Waals surface area contributed by atoms with Gasteiger partial charge >= 0.3 is 6.16 Å². The molecule has 0 aromatic carbocycles. The van der Waals surface area contributed by atoms with Crippen molar-refractivity contribution in [2.45, 2.75) is 77.9 Å². The molecule has 0 aliphatic carbocycles. The molecule has 0 heterocycles. The molecule has 0 radical (unpaired) electrons. The molecule has 0 unspecified atom stereocenters. The molecule has 0 amide bonds. The first-order valence-corrected chi connectivity index (χ1v) is 10.4. The standard InChI is InChI=1S/C16H34O4Si/c1-8-18-16(17)19-11-9-10-12-20-21(13(2)3,14(4)5)15(6)7/h13-15H,8-12H2,1-7H3. The van der Waals surface area contributed by atoms with Crippen LogP contribution in [0.25, 0.3) is 0 Å². The van der Waals surface area contributed by atoms with Gasteiger partial charge in [0.2, 0.25) is 0 Å². The van der Waals surface area contributed by atoms with Gasteiger partial charge in [-0.1, -0.05) is 41.5 Å². The maximum absolute atomic E-state index is 11.0. The maximum atomic E-state index is 11.0. The van der Waals surface area contributed by atoms with Crippen molar-refractivity contribution in [2.75, 3.05) is 19.8 Å². The lowest BCUT2D eigenvalue weighted by Crippen LogP contribution is -2.47. The number of carbonyl (C=O) groups is 1. The van der Waals surface area contributed by atoms with Crippen molar-refractivity contribution in [3.8, 4) is 0 Å². The van der Waals surface area contributed by atoms with Crippen LogP contribution in [0.15, 0.2) is 0 Å². The first-order chi connectivity index (χ1) is 9.78. The van der Waals surface area contributed by atoms with Crippen molar-refractivity contribution in [2.24, 2.45) is 0 Å². The Labute approximate surface area is 131 Å². The zero-order chi connectivity index (χ0) is 16.5. The van der Waals surface area contributed by atoms with Gasteiger partial charge in [0.15, 0.2) is 8.32 Å². The zero-order valence-corrected chi connectivity index (χ0v) is 15.9. The number of rotatable bonds is 10. The summed E-state index contributed by atoms with van der Waals surface area (Å²) in [4.78, 5) is 11.0. The third-order valence-corrected chi connectivity index (χ3v) is 10.2. The largest absolute Gasteiger partial charge is 0.508 e. The van der Waals surface area contributed by atoms with Gasteiger partial charge in [0, 0.05) is 6.61 Å². The Kier molecular flexibility index (Phi) is 9.95. The summed E-state index contributed by atoms with van der Waals surface area (Å²) in [6.07, 6.45) is 1.16. The summed E-state index contributed by atoms with van der Waals surface area (Å²) in [6, 6.07) is 0. The molecule has 0 saturated carbocycles. The molecule has 0 spiro atoms. The van der Waals surface area contributed by atoms with Crippen LogP contribution in [-0.4, -0.2) is 34.3 Å². The molecule has 0 aliphatic heterocycles. The van der Waals surface area contributed by atoms with E-state index in [1.807, 2.05) is 0 Å². The number of carbonyl (C=O) groups excluding carboxylic acids is 1. The van der Waals surface area contributed by atoms with E-state index in [1.165, 1.54) is 0 Å². The average molecular weight is 319 g/mol. The number of hydrogen-bond acceptors (Lipinski definition) is 4. The minimum absolute atomic E-state index is 0.354. The minimum atomic E-state index is -1.75. The lowest BCUT2D eigenvalue weighted by molar-refractivity contribution is 0.0570. The van der Waals surface area contributed by atoms with Gasteiger partial charge in [-0.25, -0.2) is 4.79 Å². The molecule has 21 heavy (non-hydrogen) atoms. The molecule has 0 atom stereocenters. The SMILES string of the molecule is CCOC(=O)OCCCCO[Si](C(C)C)(C(C)C)C(C)C. The van der Waals surface area contributed by atoms with Gasteiger partial charge in [-0.05, 0) is 36.4 Å². The Bertz CT molecular complexity index is 268. The first-order valence-electron chi connectivity index (χ1n) is 8.22. The summed E-state index contributed by atoms with van der Waals surface area (Å²) in [7, 11) is -1.75. The molecule has 0 fully saturated rings. The molecule has 0 aromatic rings. The van der Waals surface area contributed by atoms with E-state index in [2.05, 4.69) is 41.5 Å². The third-order valence-electron chi connectivity index (χ3n) is 4.08. The van der Waals surface area contributed by atoms with Gasteiger partial charge < -0.3 is 13.9 Å². The van der Waals surface area contributed by atoms with E-state index < -0.39 is 14.5 Å². The van der Waals surface area contributed by atoms with Crippen molar-refractivity contribution < 1.29 is 18.7 Å². The molecule has 0 aromatic heterocycles. The molecule has 5 heteroatoms. The second-order valence-corrected chi connectivity index (χ2v) is 11.9. The molecule has 126 valence electrons. The minimum Gasteiger partial charge on any atom is -0.435 e. The summed E-state index contributed by atoms with van der Waals surface area (Å²) >= 11 is 0. The Balaban J connectivity index is 4.14. The molecule has 0 saturated heterocycles. The Morgan fingerprint density at radius 3 is 1.76 bits per heavy atom. The quantitative estimate of drug-likeness (QED) is 0.318. The van der Waals surface area contributed by atoms with Gasteiger partial charge in [-0.3, -0.25) is 0 Å². The summed E-state index contributed by atoms with van der Waals surface area (Å²) in [6.45, 7) is 17.0.